The van der Waals surface area contributed by atoms with E-state index in [2.05, 4.69) is 4.98 Å². The number of aromatic amines is 1. The van der Waals surface area contributed by atoms with E-state index in [1.165, 1.54) is 31.4 Å². The van der Waals surface area contributed by atoms with Crippen LogP contribution in [0.4, 0.5) is 4.39 Å². The second kappa shape index (κ2) is 4.94. The fourth-order valence-electron chi connectivity index (χ4n) is 2.30. The number of ether oxygens (including phenoxy) is 1. The van der Waals surface area contributed by atoms with Gasteiger partial charge in [0, 0.05) is 16.5 Å². The van der Waals surface area contributed by atoms with Crippen LogP contribution in [0.15, 0.2) is 47.3 Å². The van der Waals surface area contributed by atoms with Gasteiger partial charge >= 0.3 is 0 Å². The van der Waals surface area contributed by atoms with Crippen LogP contribution >= 0.6 is 0 Å². The van der Waals surface area contributed by atoms with E-state index in [9.17, 15) is 14.3 Å². The molecule has 21 heavy (non-hydrogen) atoms. The van der Waals surface area contributed by atoms with E-state index in [0.29, 0.717) is 27.8 Å². The molecular formula is C16H12FNO3. The molecular weight excluding hydrogens is 273 g/mol. The van der Waals surface area contributed by atoms with Crippen LogP contribution in [-0.2, 0) is 0 Å². The van der Waals surface area contributed by atoms with E-state index in [1.807, 2.05) is 0 Å². The molecule has 0 radical (unpaired) electrons. The summed E-state index contributed by atoms with van der Waals surface area (Å²) in [4.78, 5) is 14.4. The summed E-state index contributed by atoms with van der Waals surface area (Å²) in [7, 11) is 1.53. The zero-order valence-corrected chi connectivity index (χ0v) is 11.2. The summed E-state index contributed by atoms with van der Waals surface area (Å²) in [6.45, 7) is 0. The number of rotatable bonds is 2. The molecule has 0 unspecified atom stereocenters. The quantitative estimate of drug-likeness (QED) is 0.760. The molecule has 4 nitrogen and oxygen atoms in total. The Morgan fingerprint density at radius 1 is 1.14 bits per heavy atom. The number of aromatic hydroxyl groups is 1. The lowest BCUT2D eigenvalue weighted by Gasteiger charge is -2.10. The van der Waals surface area contributed by atoms with Gasteiger partial charge in [-0.05, 0) is 35.9 Å². The molecule has 0 aliphatic carbocycles. The first-order valence-corrected chi connectivity index (χ1v) is 6.29. The largest absolute Gasteiger partial charge is 0.503 e. The van der Waals surface area contributed by atoms with Gasteiger partial charge < -0.3 is 14.8 Å². The van der Waals surface area contributed by atoms with Crippen LogP contribution in [0, 0.1) is 5.82 Å². The summed E-state index contributed by atoms with van der Waals surface area (Å²) in [6.07, 6.45) is 0. The average Bonchev–Trinajstić information content (AvgIpc) is 2.49. The van der Waals surface area contributed by atoms with Gasteiger partial charge in [-0.3, -0.25) is 4.79 Å². The van der Waals surface area contributed by atoms with Crippen LogP contribution in [0.1, 0.15) is 0 Å². The number of benzene rings is 2. The van der Waals surface area contributed by atoms with Crippen LogP contribution in [0.2, 0.25) is 0 Å². The van der Waals surface area contributed by atoms with Crippen LogP contribution in [-0.4, -0.2) is 17.2 Å². The Bertz CT molecular complexity index is 869. The lowest BCUT2D eigenvalue weighted by Crippen LogP contribution is -2.06. The predicted octanol–water partition coefficient (Wildman–Crippen LogP) is 3.05. The highest BCUT2D eigenvalue weighted by atomic mass is 19.1. The van der Waals surface area contributed by atoms with Gasteiger partial charge in [-0.25, -0.2) is 4.39 Å². The maximum Gasteiger partial charge on any atom is 0.291 e. The van der Waals surface area contributed by atoms with Crippen LogP contribution in [0.25, 0.3) is 22.0 Å². The summed E-state index contributed by atoms with van der Waals surface area (Å²) in [5, 5.41) is 10.7. The summed E-state index contributed by atoms with van der Waals surface area (Å²) >= 11 is 0. The maximum absolute atomic E-state index is 13.1. The Balaban J connectivity index is 2.40. The van der Waals surface area contributed by atoms with Crippen LogP contribution in [0.5, 0.6) is 11.5 Å². The molecule has 0 spiro atoms. The lowest BCUT2D eigenvalue weighted by atomic mass is 10.00. The molecule has 0 atom stereocenters. The Labute approximate surface area is 119 Å². The molecule has 0 aliphatic heterocycles. The lowest BCUT2D eigenvalue weighted by molar-refractivity contribution is 0.415. The number of nitrogens with one attached hydrogen (secondary N) is 1. The molecule has 0 bridgehead atoms. The van der Waals surface area contributed by atoms with Gasteiger partial charge in [0.15, 0.2) is 5.75 Å². The van der Waals surface area contributed by atoms with E-state index in [-0.39, 0.29) is 5.82 Å². The molecule has 0 saturated carbocycles. The van der Waals surface area contributed by atoms with Gasteiger partial charge in [0.2, 0.25) is 0 Å². The molecule has 0 fully saturated rings. The minimum absolute atomic E-state index is 0.354. The van der Waals surface area contributed by atoms with Crippen molar-refractivity contribution in [3.63, 3.8) is 0 Å². The Morgan fingerprint density at radius 2 is 1.86 bits per heavy atom. The highest BCUT2D eigenvalue weighted by Crippen LogP contribution is 2.34. The third kappa shape index (κ3) is 2.23. The van der Waals surface area contributed by atoms with Gasteiger partial charge in [0.05, 0.1) is 7.11 Å². The SMILES string of the molecule is COc1ccc2[nH]c(=O)c(O)c(-c3ccc(F)cc3)c2c1. The number of halogens is 1. The Morgan fingerprint density at radius 3 is 2.52 bits per heavy atom. The van der Waals surface area contributed by atoms with Crippen molar-refractivity contribution in [1.29, 1.82) is 0 Å². The number of methoxy groups -OCH3 is 1. The molecule has 3 rings (SSSR count). The van der Waals surface area contributed by atoms with Crippen LogP contribution in [0.3, 0.4) is 0 Å². The van der Waals surface area contributed by atoms with Gasteiger partial charge in [-0.2, -0.15) is 0 Å². The predicted molar refractivity (Wildman–Crippen MR) is 78.2 cm³/mol. The maximum atomic E-state index is 13.1. The summed E-state index contributed by atoms with van der Waals surface area (Å²) in [5.41, 5.74) is 0.885. The van der Waals surface area contributed by atoms with Gasteiger partial charge in [0.1, 0.15) is 11.6 Å². The third-order valence-corrected chi connectivity index (χ3v) is 3.33. The normalized spacial score (nSPS) is 10.8. The van der Waals surface area contributed by atoms with Gasteiger partial charge in [-0.15, -0.1) is 0 Å². The number of fused-ring (bicyclic) bond motifs is 1. The van der Waals surface area contributed by atoms with Crippen molar-refractivity contribution < 1.29 is 14.2 Å². The summed E-state index contributed by atoms with van der Waals surface area (Å²) in [6, 6.07) is 10.7. The van der Waals surface area contributed by atoms with Crippen molar-refractivity contribution in [3.05, 3.63) is 58.6 Å². The first-order chi connectivity index (χ1) is 10.1. The smallest absolute Gasteiger partial charge is 0.291 e. The van der Waals surface area contributed by atoms with E-state index in [4.69, 9.17) is 4.74 Å². The topological polar surface area (TPSA) is 62.3 Å². The number of H-pyrrole nitrogens is 1. The molecule has 5 heteroatoms. The van der Waals surface area contributed by atoms with E-state index in [0.717, 1.165) is 0 Å². The zero-order valence-electron chi connectivity index (χ0n) is 11.2. The van der Waals surface area contributed by atoms with E-state index in [1.54, 1.807) is 18.2 Å². The summed E-state index contributed by atoms with van der Waals surface area (Å²) in [5.74, 6) is -0.190. The van der Waals surface area contributed by atoms with Crippen molar-refractivity contribution in [3.8, 4) is 22.6 Å². The highest BCUT2D eigenvalue weighted by Gasteiger charge is 2.14. The fourth-order valence-corrected chi connectivity index (χ4v) is 2.30. The molecule has 106 valence electrons. The summed E-state index contributed by atoms with van der Waals surface area (Å²) < 4.78 is 18.2. The minimum Gasteiger partial charge on any atom is -0.503 e. The molecule has 0 saturated heterocycles. The monoisotopic (exact) mass is 285 g/mol. The second-order valence-corrected chi connectivity index (χ2v) is 4.60. The Kier molecular flexibility index (Phi) is 3.10. The molecule has 2 aromatic carbocycles. The van der Waals surface area contributed by atoms with Crippen molar-refractivity contribution >= 4 is 10.9 Å². The van der Waals surface area contributed by atoms with Crippen molar-refractivity contribution in [2.24, 2.45) is 0 Å². The first kappa shape index (κ1) is 13.2. The first-order valence-electron chi connectivity index (χ1n) is 6.29. The van der Waals surface area contributed by atoms with Crippen molar-refractivity contribution in [2.45, 2.75) is 0 Å². The zero-order chi connectivity index (χ0) is 15.0. The third-order valence-electron chi connectivity index (χ3n) is 3.33. The molecule has 0 aliphatic rings. The van der Waals surface area contributed by atoms with Crippen LogP contribution < -0.4 is 10.3 Å². The molecule has 0 amide bonds. The van der Waals surface area contributed by atoms with E-state index >= 15 is 0 Å². The standard InChI is InChI=1S/C16H12FNO3/c1-21-11-6-7-13-12(8-11)14(15(19)16(20)18-13)9-2-4-10(17)5-3-9/h2-8,19H,1H3,(H,18,20). The van der Waals surface area contributed by atoms with E-state index < -0.39 is 11.3 Å². The molecule has 1 heterocycles. The minimum atomic E-state index is -0.591. The van der Waals surface area contributed by atoms with Gasteiger partial charge in [-0.1, -0.05) is 12.1 Å². The number of aromatic nitrogens is 1. The number of hydrogen-bond acceptors (Lipinski definition) is 3. The van der Waals surface area contributed by atoms with Gasteiger partial charge in [0.25, 0.3) is 5.56 Å². The average molecular weight is 285 g/mol. The molecule has 3 aromatic rings. The molecule has 2 N–H and O–H groups in total. The number of hydrogen-bond donors (Lipinski definition) is 2. The number of pyridine rings is 1. The second-order valence-electron chi connectivity index (χ2n) is 4.60. The highest BCUT2D eigenvalue weighted by molar-refractivity contribution is 5.98. The molecule has 1 aromatic heterocycles. The Hall–Kier alpha value is -2.82. The van der Waals surface area contributed by atoms with Crippen molar-refractivity contribution in [1.82, 2.24) is 4.98 Å². The fraction of sp³-hybridized carbons (Fsp3) is 0.0625. The van der Waals surface area contributed by atoms with Crippen molar-refractivity contribution in [2.75, 3.05) is 7.11 Å².